The van der Waals surface area contributed by atoms with E-state index < -0.39 is 18.0 Å². The number of esters is 2. The van der Waals surface area contributed by atoms with Crippen LogP contribution < -0.4 is 0 Å². The molecule has 2 heterocycles. The van der Waals surface area contributed by atoms with Crippen LogP contribution in [0.2, 0.25) is 0 Å². The largest absolute Gasteiger partial charge is 0.463 e. The molecule has 104 valence electrons. The minimum atomic E-state index is -0.766. The van der Waals surface area contributed by atoms with E-state index in [1.54, 1.807) is 4.57 Å². The first-order valence-corrected chi connectivity index (χ1v) is 6.43. The third kappa shape index (κ3) is 2.24. The third-order valence-corrected chi connectivity index (χ3v) is 3.29. The van der Waals surface area contributed by atoms with E-state index in [4.69, 9.17) is 9.47 Å². The van der Waals surface area contributed by atoms with Crippen molar-refractivity contribution in [1.29, 1.82) is 0 Å². The molecule has 0 amide bonds. The predicted molar refractivity (Wildman–Crippen MR) is 69.9 cm³/mol. The van der Waals surface area contributed by atoms with Gasteiger partial charge in [0.25, 0.3) is 0 Å². The fourth-order valence-corrected chi connectivity index (χ4v) is 2.30. The molecule has 6 nitrogen and oxygen atoms in total. The molecule has 1 aromatic carbocycles. The maximum Gasteiger partial charge on any atom is 0.347 e. The number of para-hydroxylation sites is 2. The number of ether oxygens (including phenoxy) is 2. The van der Waals surface area contributed by atoms with Crippen LogP contribution in [0.4, 0.5) is 0 Å². The number of hydrogen-bond acceptors (Lipinski definition) is 5. The highest BCUT2D eigenvalue weighted by Gasteiger charge is 2.30. The van der Waals surface area contributed by atoms with Crippen molar-refractivity contribution in [3.63, 3.8) is 0 Å². The predicted octanol–water partition coefficient (Wildman–Crippen LogP) is 1.20. The standard InChI is InChI=1S/C14H14N2O4/c1-9-15-10-4-2-3-5-11(10)16(9)8-13(17)20-12-6-7-19-14(12)18/h2-5,12H,6-8H2,1H3/t12-/m0/s1. The van der Waals surface area contributed by atoms with E-state index in [9.17, 15) is 9.59 Å². The maximum atomic E-state index is 11.9. The number of aryl methyl sites for hydroxylation is 1. The molecule has 1 atom stereocenters. The molecule has 0 saturated carbocycles. The highest BCUT2D eigenvalue weighted by Crippen LogP contribution is 2.16. The van der Waals surface area contributed by atoms with Gasteiger partial charge in [-0.3, -0.25) is 4.79 Å². The molecule has 0 bridgehead atoms. The average Bonchev–Trinajstić information content (AvgIpc) is 2.95. The third-order valence-electron chi connectivity index (χ3n) is 3.29. The van der Waals surface area contributed by atoms with Crippen molar-refractivity contribution < 1.29 is 19.1 Å². The number of fused-ring (bicyclic) bond motifs is 1. The minimum Gasteiger partial charge on any atom is -0.463 e. The Morgan fingerprint density at radius 1 is 1.50 bits per heavy atom. The van der Waals surface area contributed by atoms with Gasteiger partial charge in [-0.1, -0.05) is 12.1 Å². The topological polar surface area (TPSA) is 70.4 Å². The first kappa shape index (κ1) is 12.7. The first-order chi connectivity index (χ1) is 9.65. The van der Waals surface area contributed by atoms with Crippen LogP contribution in [0.5, 0.6) is 0 Å². The van der Waals surface area contributed by atoms with Crippen molar-refractivity contribution >= 4 is 23.0 Å². The van der Waals surface area contributed by atoms with Crippen molar-refractivity contribution in [1.82, 2.24) is 9.55 Å². The summed E-state index contributed by atoms with van der Waals surface area (Å²) in [6.07, 6.45) is -0.341. The molecule has 0 spiro atoms. The van der Waals surface area contributed by atoms with Gasteiger partial charge < -0.3 is 14.0 Å². The number of hydrogen-bond donors (Lipinski definition) is 0. The van der Waals surface area contributed by atoms with Gasteiger partial charge in [0.2, 0.25) is 6.10 Å². The molecular weight excluding hydrogens is 260 g/mol. The van der Waals surface area contributed by atoms with Crippen LogP contribution in [-0.2, 0) is 25.6 Å². The molecule has 1 aliphatic rings. The van der Waals surface area contributed by atoms with Crippen LogP contribution in [0.1, 0.15) is 12.2 Å². The highest BCUT2D eigenvalue weighted by molar-refractivity contribution is 5.82. The summed E-state index contributed by atoms with van der Waals surface area (Å²) in [5, 5.41) is 0. The van der Waals surface area contributed by atoms with Crippen LogP contribution in [0.15, 0.2) is 24.3 Å². The Morgan fingerprint density at radius 3 is 3.05 bits per heavy atom. The Labute approximate surface area is 115 Å². The SMILES string of the molecule is Cc1nc2ccccc2n1CC(=O)O[C@H]1CCOC1=O. The lowest BCUT2D eigenvalue weighted by Gasteiger charge is -2.10. The number of carbonyl (C=O) groups is 2. The summed E-state index contributed by atoms with van der Waals surface area (Å²) in [6.45, 7) is 2.18. The van der Waals surface area contributed by atoms with Crippen molar-refractivity contribution in [3.8, 4) is 0 Å². The zero-order chi connectivity index (χ0) is 14.1. The number of aromatic nitrogens is 2. The van der Waals surface area contributed by atoms with Gasteiger partial charge in [-0.15, -0.1) is 0 Å². The Bertz CT molecular complexity index is 677. The van der Waals surface area contributed by atoms with Gasteiger partial charge in [0.05, 0.1) is 17.6 Å². The van der Waals surface area contributed by atoms with Gasteiger partial charge in [0, 0.05) is 6.42 Å². The molecule has 1 aliphatic heterocycles. The van der Waals surface area contributed by atoms with Crippen LogP contribution >= 0.6 is 0 Å². The second-order valence-electron chi connectivity index (χ2n) is 4.67. The van der Waals surface area contributed by atoms with E-state index in [-0.39, 0.29) is 6.54 Å². The average molecular weight is 274 g/mol. The molecule has 0 unspecified atom stereocenters. The molecular formula is C14H14N2O4. The molecule has 1 saturated heterocycles. The minimum absolute atomic E-state index is 0.0378. The molecule has 3 rings (SSSR count). The van der Waals surface area contributed by atoms with Crippen molar-refractivity contribution in [3.05, 3.63) is 30.1 Å². The molecule has 0 aliphatic carbocycles. The van der Waals surface area contributed by atoms with Crippen molar-refractivity contribution in [2.75, 3.05) is 6.61 Å². The van der Waals surface area contributed by atoms with Crippen molar-refractivity contribution in [2.45, 2.75) is 26.0 Å². The molecule has 0 radical (unpaired) electrons. The monoisotopic (exact) mass is 274 g/mol. The van der Waals surface area contributed by atoms with Crippen LogP contribution in [0.25, 0.3) is 11.0 Å². The molecule has 0 N–H and O–H groups in total. The van der Waals surface area contributed by atoms with E-state index in [1.807, 2.05) is 31.2 Å². The second kappa shape index (κ2) is 4.96. The lowest BCUT2D eigenvalue weighted by molar-refractivity contribution is -0.160. The Morgan fingerprint density at radius 2 is 2.30 bits per heavy atom. The first-order valence-electron chi connectivity index (χ1n) is 6.43. The lowest BCUT2D eigenvalue weighted by Crippen LogP contribution is -2.25. The van der Waals surface area contributed by atoms with Gasteiger partial charge in [-0.2, -0.15) is 0 Å². The van der Waals surface area contributed by atoms with E-state index in [0.717, 1.165) is 16.9 Å². The Hall–Kier alpha value is -2.37. The number of carbonyl (C=O) groups excluding carboxylic acids is 2. The fourth-order valence-electron chi connectivity index (χ4n) is 2.30. The van der Waals surface area contributed by atoms with Gasteiger partial charge >= 0.3 is 11.9 Å². The normalized spacial score (nSPS) is 18.2. The zero-order valence-corrected chi connectivity index (χ0v) is 11.0. The van der Waals surface area contributed by atoms with E-state index in [2.05, 4.69) is 4.98 Å². The summed E-state index contributed by atoms with van der Waals surface area (Å²) in [7, 11) is 0. The summed E-state index contributed by atoms with van der Waals surface area (Å²) in [5.74, 6) is -0.192. The Balaban J connectivity index is 1.77. The van der Waals surface area contributed by atoms with Crippen LogP contribution in [0.3, 0.4) is 0 Å². The van der Waals surface area contributed by atoms with Gasteiger partial charge in [-0.05, 0) is 19.1 Å². The van der Waals surface area contributed by atoms with Crippen molar-refractivity contribution in [2.24, 2.45) is 0 Å². The summed E-state index contributed by atoms with van der Waals surface area (Å²) in [4.78, 5) is 27.6. The zero-order valence-electron chi connectivity index (χ0n) is 11.0. The molecule has 6 heteroatoms. The maximum absolute atomic E-state index is 11.9. The fraction of sp³-hybridized carbons (Fsp3) is 0.357. The smallest absolute Gasteiger partial charge is 0.347 e. The second-order valence-corrected chi connectivity index (χ2v) is 4.67. The van der Waals surface area contributed by atoms with Gasteiger partial charge in [0.1, 0.15) is 12.4 Å². The van der Waals surface area contributed by atoms with E-state index >= 15 is 0 Å². The number of cyclic esters (lactones) is 1. The van der Waals surface area contributed by atoms with Crippen LogP contribution in [-0.4, -0.2) is 34.2 Å². The van der Waals surface area contributed by atoms with Gasteiger partial charge in [0.15, 0.2) is 0 Å². The quantitative estimate of drug-likeness (QED) is 0.787. The van der Waals surface area contributed by atoms with E-state index in [1.165, 1.54) is 0 Å². The summed E-state index contributed by atoms with van der Waals surface area (Å²) in [6, 6.07) is 7.57. The number of benzene rings is 1. The number of rotatable bonds is 3. The molecule has 20 heavy (non-hydrogen) atoms. The number of imidazole rings is 1. The summed E-state index contributed by atoms with van der Waals surface area (Å²) < 4.78 is 11.7. The highest BCUT2D eigenvalue weighted by atomic mass is 16.6. The Kier molecular flexibility index (Phi) is 3.14. The van der Waals surface area contributed by atoms with Gasteiger partial charge in [-0.25, -0.2) is 9.78 Å². The summed E-state index contributed by atoms with van der Waals surface area (Å²) >= 11 is 0. The lowest BCUT2D eigenvalue weighted by atomic mass is 10.3. The molecule has 1 fully saturated rings. The number of nitrogens with zero attached hydrogens (tertiary/aromatic N) is 2. The van der Waals surface area contributed by atoms with E-state index in [0.29, 0.717) is 13.0 Å². The molecule has 2 aromatic rings. The van der Waals surface area contributed by atoms with Crippen LogP contribution in [0, 0.1) is 6.92 Å². The summed E-state index contributed by atoms with van der Waals surface area (Å²) in [5.41, 5.74) is 1.70. The molecule has 1 aromatic heterocycles.